The molecule has 0 unspecified atom stereocenters. The predicted octanol–water partition coefficient (Wildman–Crippen LogP) is 3.83. The summed E-state index contributed by atoms with van der Waals surface area (Å²) in [5, 5.41) is 8.96. The minimum atomic E-state index is -0.359. The van der Waals surface area contributed by atoms with Crippen LogP contribution in [0.15, 0.2) is 53.0 Å². The third-order valence-corrected chi connectivity index (χ3v) is 3.39. The Bertz CT molecular complexity index is 694. The second kappa shape index (κ2) is 8.20. The van der Waals surface area contributed by atoms with E-state index in [0.717, 1.165) is 4.47 Å². The number of nitrogens with zero attached hydrogens (tertiary/aromatic N) is 1. The molecule has 0 atom stereocenters. The lowest BCUT2D eigenvalue weighted by Gasteiger charge is -2.08. The molecule has 5 heteroatoms. The fraction of sp³-hybridized carbons (Fsp3) is 0.176. The molecule has 22 heavy (non-hydrogen) atoms. The summed E-state index contributed by atoms with van der Waals surface area (Å²) in [6.07, 6.45) is 0.154. The maximum Gasteiger partial charge on any atom is 0.309 e. The summed E-state index contributed by atoms with van der Waals surface area (Å²) < 4.78 is 11.5. The van der Waals surface area contributed by atoms with Crippen molar-refractivity contribution in [1.82, 2.24) is 0 Å². The summed E-state index contributed by atoms with van der Waals surface area (Å²) in [5.74, 6) is 0.333. The van der Waals surface area contributed by atoms with Gasteiger partial charge in [0.15, 0.2) is 0 Å². The van der Waals surface area contributed by atoms with E-state index in [1.54, 1.807) is 24.3 Å². The zero-order chi connectivity index (χ0) is 15.8. The summed E-state index contributed by atoms with van der Waals surface area (Å²) in [6, 6.07) is 16.5. The molecule has 4 nitrogen and oxygen atoms in total. The van der Waals surface area contributed by atoms with Crippen LogP contribution in [0.5, 0.6) is 5.75 Å². The molecule has 0 N–H and O–H groups in total. The van der Waals surface area contributed by atoms with Crippen molar-refractivity contribution < 1.29 is 14.3 Å². The average Bonchev–Trinajstić information content (AvgIpc) is 2.53. The molecule has 0 fully saturated rings. The van der Waals surface area contributed by atoms with Gasteiger partial charge in [0.2, 0.25) is 0 Å². The number of hydrogen-bond acceptors (Lipinski definition) is 4. The summed E-state index contributed by atoms with van der Waals surface area (Å²) in [4.78, 5) is 11.7. The van der Waals surface area contributed by atoms with Gasteiger partial charge in [-0.2, -0.15) is 5.26 Å². The van der Waals surface area contributed by atoms with Gasteiger partial charge in [-0.25, -0.2) is 0 Å². The number of carbonyl (C=O) groups excluding carboxylic acids is 1. The van der Waals surface area contributed by atoms with Gasteiger partial charge in [-0.3, -0.25) is 4.79 Å². The number of esters is 1. The van der Waals surface area contributed by atoms with Gasteiger partial charge >= 0.3 is 5.97 Å². The van der Waals surface area contributed by atoms with Crippen LogP contribution >= 0.6 is 15.9 Å². The molecule has 0 saturated carbocycles. The number of benzene rings is 2. The maximum atomic E-state index is 11.7. The Kier molecular flexibility index (Phi) is 5.99. The topological polar surface area (TPSA) is 59.3 Å². The molecule has 0 aliphatic rings. The minimum Gasteiger partial charge on any atom is -0.493 e. The van der Waals surface area contributed by atoms with Crippen LogP contribution in [0.1, 0.15) is 17.5 Å². The first-order valence-electron chi connectivity index (χ1n) is 6.71. The fourth-order valence-corrected chi connectivity index (χ4v) is 2.17. The number of rotatable bonds is 6. The Morgan fingerprint density at radius 2 is 2.00 bits per heavy atom. The van der Waals surface area contributed by atoms with Gasteiger partial charge in [0.05, 0.1) is 24.7 Å². The van der Waals surface area contributed by atoms with Gasteiger partial charge in [-0.15, -0.1) is 0 Å². The molecular formula is C17H14BrNO3. The van der Waals surface area contributed by atoms with E-state index in [4.69, 9.17) is 14.7 Å². The highest BCUT2D eigenvalue weighted by molar-refractivity contribution is 9.10. The normalized spacial score (nSPS) is 9.82. The minimum absolute atomic E-state index is 0.0967. The summed E-state index contributed by atoms with van der Waals surface area (Å²) in [7, 11) is 0. The predicted molar refractivity (Wildman–Crippen MR) is 85.2 cm³/mol. The Balaban J connectivity index is 1.75. The highest BCUT2D eigenvalue weighted by atomic mass is 79.9. The van der Waals surface area contributed by atoms with Crippen molar-refractivity contribution in [1.29, 1.82) is 5.26 Å². The second-order valence-electron chi connectivity index (χ2n) is 4.49. The Labute approximate surface area is 137 Å². The van der Waals surface area contributed by atoms with Crippen LogP contribution in [-0.4, -0.2) is 12.6 Å². The molecule has 0 aromatic heterocycles. The van der Waals surface area contributed by atoms with Crippen LogP contribution in [0.4, 0.5) is 0 Å². The van der Waals surface area contributed by atoms with E-state index < -0.39 is 0 Å². The van der Waals surface area contributed by atoms with E-state index >= 15 is 0 Å². The van der Waals surface area contributed by atoms with Gasteiger partial charge in [-0.1, -0.05) is 40.2 Å². The van der Waals surface area contributed by atoms with Crippen molar-refractivity contribution >= 4 is 21.9 Å². The molecule has 0 aliphatic heterocycles. The van der Waals surface area contributed by atoms with E-state index in [1.807, 2.05) is 24.3 Å². The quantitative estimate of drug-likeness (QED) is 0.735. The van der Waals surface area contributed by atoms with Crippen molar-refractivity contribution in [3.8, 4) is 11.8 Å². The molecule has 0 radical (unpaired) electrons. The molecule has 0 amide bonds. The SMILES string of the molecule is N#Cc1ccccc1COC(=O)CCOc1cccc(Br)c1. The van der Waals surface area contributed by atoms with E-state index in [2.05, 4.69) is 22.0 Å². The Hall–Kier alpha value is -2.32. The second-order valence-corrected chi connectivity index (χ2v) is 5.40. The fourth-order valence-electron chi connectivity index (χ4n) is 1.79. The van der Waals surface area contributed by atoms with Gasteiger partial charge < -0.3 is 9.47 Å². The molecule has 0 spiro atoms. The summed E-state index contributed by atoms with van der Waals surface area (Å²) >= 11 is 3.35. The Morgan fingerprint density at radius 1 is 1.18 bits per heavy atom. The molecule has 2 aromatic carbocycles. The molecule has 0 heterocycles. The highest BCUT2D eigenvalue weighted by Crippen LogP contribution is 2.17. The smallest absolute Gasteiger partial charge is 0.309 e. The lowest BCUT2D eigenvalue weighted by atomic mass is 10.1. The van der Waals surface area contributed by atoms with E-state index in [1.165, 1.54) is 0 Å². The highest BCUT2D eigenvalue weighted by Gasteiger charge is 2.07. The first-order valence-corrected chi connectivity index (χ1v) is 7.50. The number of carbonyl (C=O) groups is 1. The third-order valence-electron chi connectivity index (χ3n) is 2.90. The molecule has 2 rings (SSSR count). The van der Waals surface area contributed by atoms with Crippen LogP contribution in [0, 0.1) is 11.3 Å². The first-order chi connectivity index (χ1) is 10.7. The maximum absolute atomic E-state index is 11.7. The summed E-state index contributed by atoms with van der Waals surface area (Å²) in [5.41, 5.74) is 1.21. The van der Waals surface area contributed by atoms with Crippen molar-refractivity contribution in [3.05, 3.63) is 64.1 Å². The van der Waals surface area contributed by atoms with Crippen molar-refractivity contribution in [2.45, 2.75) is 13.0 Å². The molecule has 112 valence electrons. The van der Waals surface area contributed by atoms with Crippen LogP contribution in [0.2, 0.25) is 0 Å². The third kappa shape index (κ3) is 4.90. The van der Waals surface area contributed by atoms with Crippen molar-refractivity contribution in [3.63, 3.8) is 0 Å². The molecular weight excluding hydrogens is 346 g/mol. The average molecular weight is 360 g/mol. The van der Waals surface area contributed by atoms with E-state index in [0.29, 0.717) is 16.9 Å². The lowest BCUT2D eigenvalue weighted by Crippen LogP contribution is -2.10. The van der Waals surface area contributed by atoms with Crippen LogP contribution in [-0.2, 0) is 16.1 Å². The Morgan fingerprint density at radius 3 is 2.77 bits per heavy atom. The molecule has 0 bridgehead atoms. The van der Waals surface area contributed by atoms with Crippen molar-refractivity contribution in [2.75, 3.05) is 6.61 Å². The zero-order valence-electron chi connectivity index (χ0n) is 11.8. The van der Waals surface area contributed by atoms with Crippen LogP contribution in [0.25, 0.3) is 0 Å². The number of halogens is 1. The number of ether oxygens (including phenoxy) is 2. The molecule has 2 aromatic rings. The van der Waals surface area contributed by atoms with Gasteiger partial charge in [0, 0.05) is 10.0 Å². The van der Waals surface area contributed by atoms with Crippen LogP contribution in [0.3, 0.4) is 0 Å². The lowest BCUT2D eigenvalue weighted by molar-refractivity contribution is -0.145. The van der Waals surface area contributed by atoms with E-state index in [-0.39, 0.29) is 25.6 Å². The zero-order valence-corrected chi connectivity index (χ0v) is 13.4. The summed E-state index contributed by atoms with van der Waals surface area (Å²) in [6.45, 7) is 0.342. The monoisotopic (exact) mass is 359 g/mol. The van der Waals surface area contributed by atoms with Gasteiger partial charge in [-0.05, 0) is 24.3 Å². The molecule has 0 saturated heterocycles. The van der Waals surface area contributed by atoms with Gasteiger partial charge in [0.1, 0.15) is 12.4 Å². The van der Waals surface area contributed by atoms with Gasteiger partial charge in [0.25, 0.3) is 0 Å². The largest absolute Gasteiger partial charge is 0.493 e. The standard InChI is InChI=1S/C17H14BrNO3/c18-15-6-3-7-16(10-15)21-9-8-17(20)22-12-14-5-2-1-4-13(14)11-19/h1-7,10H,8-9,12H2. The first kappa shape index (κ1) is 16.1. The van der Waals surface area contributed by atoms with Crippen LogP contribution < -0.4 is 4.74 Å². The number of hydrogen-bond donors (Lipinski definition) is 0. The van der Waals surface area contributed by atoms with E-state index in [9.17, 15) is 4.79 Å². The number of nitriles is 1. The van der Waals surface area contributed by atoms with Crippen molar-refractivity contribution in [2.24, 2.45) is 0 Å². The molecule has 0 aliphatic carbocycles.